The number of carbonyl (C=O) groups excluding carboxylic acids is 1. The van der Waals surface area contributed by atoms with Crippen LogP contribution in [0.3, 0.4) is 0 Å². The molecule has 0 saturated heterocycles. The normalized spacial score (nSPS) is 9.28. The quantitative estimate of drug-likeness (QED) is 0.713. The maximum absolute atomic E-state index is 11.6. The summed E-state index contributed by atoms with van der Waals surface area (Å²) in [5, 5.41) is 14.2. The zero-order chi connectivity index (χ0) is 13.4. The molecule has 0 aliphatic rings. The molecule has 1 rings (SSSR count). The topological polar surface area (TPSA) is 61.4 Å². The first kappa shape index (κ1) is 14.1. The third kappa shape index (κ3) is 4.48. The Balaban J connectivity index is 2.77. The van der Waals surface area contributed by atoms with E-state index in [1.54, 1.807) is 6.07 Å². The third-order valence-electron chi connectivity index (χ3n) is 2.33. The summed E-state index contributed by atoms with van der Waals surface area (Å²) in [7, 11) is 0. The second-order valence-corrected chi connectivity index (χ2v) is 3.87. The van der Waals surface area contributed by atoms with Crippen LogP contribution in [0.1, 0.15) is 24.5 Å². The van der Waals surface area contributed by atoms with Crippen LogP contribution in [0.2, 0.25) is 0 Å². The van der Waals surface area contributed by atoms with Crippen LogP contribution in [0.15, 0.2) is 18.2 Å². The average Bonchev–Trinajstić information content (AvgIpc) is 2.37. The van der Waals surface area contributed by atoms with Gasteiger partial charge in [0.2, 0.25) is 0 Å². The van der Waals surface area contributed by atoms with Crippen LogP contribution in [0, 0.1) is 18.8 Å². The molecule has 0 atom stereocenters. The Morgan fingerprint density at radius 2 is 2.22 bits per heavy atom. The van der Waals surface area contributed by atoms with Gasteiger partial charge in [0, 0.05) is 17.8 Å². The molecule has 3 N–H and O–H groups in total. The molecule has 0 radical (unpaired) electrons. The lowest BCUT2D eigenvalue weighted by molar-refractivity contribution is 0.252. The number of aryl methyl sites for hydroxylation is 1. The van der Waals surface area contributed by atoms with Gasteiger partial charge in [-0.05, 0) is 31.0 Å². The smallest absolute Gasteiger partial charge is 0.319 e. The van der Waals surface area contributed by atoms with Crippen LogP contribution in [-0.2, 0) is 0 Å². The summed E-state index contributed by atoms with van der Waals surface area (Å²) in [6.07, 6.45) is 0.897. The summed E-state index contributed by atoms with van der Waals surface area (Å²) in [5.74, 6) is 5.38. The lowest BCUT2D eigenvalue weighted by Crippen LogP contribution is -2.29. The van der Waals surface area contributed by atoms with E-state index in [0.29, 0.717) is 6.54 Å². The lowest BCUT2D eigenvalue weighted by atomic mass is 10.1. The highest BCUT2D eigenvalue weighted by atomic mass is 16.2. The molecule has 0 aliphatic carbocycles. The highest BCUT2D eigenvalue weighted by Crippen LogP contribution is 2.16. The van der Waals surface area contributed by atoms with Gasteiger partial charge in [-0.3, -0.25) is 0 Å². The molecule has 0 saturated carbocycles. The van der Waals surface area contributed by atoms with Crippen LogP contribution < -0.4 is 10.6 Å². The Kier molecular flexibility index (Phi) is 5.75. The molecule has 1 aromatic rings. The minimum atomic E-state index is -0.216. The summed E-state index contributed by atoms with van der Waals surface area (Å²) in [4.78, 5) is 11.6. The number of urea groups is 1. The molecule has 0 fully saturated rings. The first-order valence-electron chi connectivity index (χ1n) is 5.92. The Bertz CT molecular complexity index is 472. The second kappa shape index (κ2) is 7.36. The van der Waals surface area contributed by atoms with E-state index in [9.17, 15) is 4.79 Å². The molecule has 2 amide bonds. The lowest BCUT2D eigenvalue weighted by Gasteiger charge is -2.09. The summed E-state index contributed by atoms with van der Waals surface area (Å²) in [6, 6.07) is 5.32. The third-order valence-corrected chi connectivity index (χ3v) is 2.33. The van der Waals surface area contributed by atoms with Crippen molar-refractivity contribution in [1.82, 2.24) is 5.32 Å². The largest absolute Gasteiger partial charge is 0.384 e. The summed E-state index contributed by atoms with van der Waals surface area (Å²) in [5.41, 5.74) is 2.46. The number of carbonyl (C=O) groups is 1. The minimum Gasteiger partial charge on any atom is -0.384 e. The molecule has 4 heteroatoms. The van der Waals surface area contributed by atoms with Crippen LogP contribution >= 0.6 is 0 Å². The molecule has 0 aliphatic heterocycles. The van der Waals surface area contributed by atoms with Gasteiger partial charge < -0.3 is 15.7 Å². The number of nitrogens with one attached hydrogen (secondary N) is 2. The fraction of sp³-hybridized carbons (Fsp3) is 0.357. The first-order valence-corrected chi connectivity index (χ1v) is 5.92. The van der Waals surface area contributed by atoms with Crippen molar-refractivity contribution < 1.29 is 9.90 Å². The number of anilines is 1. The minimum absolute atomic E-state index is 0.173. The molecule has 0 aromatic heterocycles. The van der Waals surface area contributed by atoms with E-state index in [1.807, 2.05) is 26.0 Å². The molecule has 0 spiro atoms. The summed E-state index contributed by atoms with van der Waals surface area (Å²) < 4.78 is 0. The Labute approximate surface area is 107 Å². The van der Waals surface area contributed by atoms with Crippen molar-refractivity contribution in [3.05, 3.63) is 29.3 Å². The SMILES string of the molecule is CCCNC(=O)Nc1cc(C#CCO)ccc1C. The van der Waals surface area contributed by atoms with Crippen LogP contribution in [0.25, 0.3) is 0 Å². The maximum atomic E-state index is 11.6. The molecular formula is C14H18N2O2. The molecule has 18 heavy (non-hydrogen) atoms. The fourth-order valence-electron chi connectivity index (χ4n) is 1.38. The molecule has 4 nitrogen and oxygen atoms in total. The van der Waals surface area contributed by atoms with E-state index in [0.717, 1.165) is 23.2 Å². The second-order valence-electron chi connectivity index (χ2n) is 3.87. The van der Waals surface area contributed by atoms with Gasteiger partial charge in [-0.25, -0.2) is 4.79 Å². The van der Waals surface area contributed by atoms with Gasteiger partial charge in [-0.2, -0.15) is 0 Å². The highest BCUT2D eigenvalue weighted by Gasteiger charge is 2.03. The number of benzene rings is 1. The predicted octanol–water partition coefficient (Wildman–Crippen LogP) is 1.87. The molecule has 0 heterocycles. The van der Waals surface area contributed by atoms with E-state index in [2.05, 4.69) is 22.5 Å². The van der Waals surface area contributed by atoms with Crippen molar-refractivity contribution in [3.8, 4) is 11.8 Å². The maximum Gasteiger partial charge on any atom is 0.319 e. The van der Waals surface area contributed by atoms with Gasteiger partial charge in [0.25, 0.3) is 0 Å². The zero-order valence-corrected chi connectivity index (χ0v) is 10.7. The van der Waals surface area contributed by atoms with Crippen LogP contribution in [0.4, 0.5) is 10.5 Å². The summed E-state index contributed by atoms with van der Waals surface area (Å²) in [6.45, 7) is 4.39. The van der Waals surface area contributed by atoms with Gasteiger partial charge in [0.15, 0.2) is 0 Å². The standard InChI is InChI=1S/C14H18N2O2/c1-3-8-15-14(18)16-13-10-12(5-4-9-17)7-6-11(13)2/h6-7,10,17H,3,8-9H2,1-2H3,(H2,15,16,18). The van der Waals surface area contributed by atoms with E-state index in [1.165, 1.54) is 0 Å². The van der Waals surface area contributed by atoms with Crippen molar-refractivity contribution in [2.24, 2.45) is 0 Å². The fourth-order valence-corrected chi connectivity index (χ4v) is 1.38. The number of aliphatic hydroxyl groups is 1. The Morgan fingerprint density at radius 3 is 2.89 bits per heavy atom. The van der Waals surface area contributed by atoms with Gasteiger partial charge in [-0.15, -0.1) is 0 Å². The van der Waals surface area contributed by atoms with Gasteiger partial charge in [-0.1, -0.05) is 24.8 Å². The van der Waals surface area contributed by atoms with Crippen molar-refractivity contribution in [2.45, 2.75) is 20.3 Å². The number of amides is 2. The number of hydrogen-bond acceptors (Lipinski definition) is 2. The van der Waals surface area contributed by atoms with Crippen molar-refractivity contribution >= 4 is 11.7 Å². The monoisotopic (exact) mass is 246 g/mol. The molecule has 0 unspecified atom stereocenters. The van der Waals surface area contributed by atoms with Crippen LogP contribution in [0.5, 0.6) is 0 Å². The zero-order valence-electron chi connectivity index (χ0n) is 10.7. The Hall–Kier alpha value is -1.99. The Morgan fingerprint density at radius 1 is 1.44 bits per heavy atom. The molecule has 0 bridgehead atoms. The van der Waals surface area contributed by atoms with Crippen molar-refractivity contribution in [2.75, 3.05) is 18.5 Å². The van der Waals surface area contributed by atoms with Crippen molar-refractivity contribution in [3.63, 3.8) is 0 Å². The van der Waals surface area contributed by atoms with E-state index in [4.69, 9.17) is 5.11 Å². The molecular weight excluding hydrogens is 228 g/mol. The highest BCUT2D eigenvalue weighted by molar-refractivity contribution is 5.90. The van der Waals surface area contributed by atoms with Gasteiger partial charge in [0.05, 0.1) is 0 Å². The predicted molar refractivity (Wildman–Crippen MR) is 72.5 cm³/mol. The number of aliphatic hydroxyl groups excluding tert-OH is 1. The summed E-state index contributed by atoms with van der Waals surface area (Å²) >= 11 is 0. The number of hydrogen-bond donors (Lipinski definition) is 3. The molecule has 96 valence electrons. The first-order chi connectivity index (χ1) is 8.67. The van der Waals surface area contributed by atoms with E-state index >= 15 is 0 Å². The van der Waals surface area contributed by atoms with Gasteiger partial charge in [0.1, 0.15) is 6.61 Å². The molecule has 1 aromatic carbocycles. The van der Waals surface area contributed by atoms with E-state index in [-0.39, 0.29) is 12.6 Å². The van der Waals surface area contributed by atoms with Gasteiger partial charge >= 0.3 is 6.03 Å². The number of rotatable bonds is 3. The average molecular weight is 246 g/mol. The van der Waals surface area contributed by atoms with E-state index < -0.39 is 0 Å². The van der Waals surface area contributed by atoms with Crippen molar-refractivity contribution in [1.29, 1.82) is 0 Å². The van der Waals surface area contributed by atoms with Crippen LogP contribution in [-0.4, -0.2) is 24.3 Å².